The maximum atomic E-state index is 6.49. The molecule has 0 saturated heterocycles. The van der Waals surface area contributed by atoms with Gasteiger partial charge in [0.05, 0.1) is 10.7 Å². The highest BCUT2D eigenvalue weighted by molar-refractivity contribution is 6.36. The average molecular weight is 487 g/mol. The minimum absolute atomic E-state index is 0.603. The number of benzene rings is 3. The predicted octanol–water partition coefficient (Wildman–Crippen LogP) is 9.03. The summed E-state index contributed by atoms with van der Waals surface area (Å²) < 4.78 is 2.15. The fraction of sp³-hybridized carbons (Fsp3) is 0.233. The first kappa shape index (κ1) is 23.0. The van der Waals surface area contributed by atoms with E-state index in [0.717, 1.165) is 35.1 Å². The zero-order valence-electron chi connectivity index (χ0n) is 19.1. The van der Waals surface area contributed by atoms with Crippen molar-refractivity contribution in [3.63, 3.8) is 0 Å². The number of aromatic nitrogens is 2. The van der Waals surface area contributed by atoms with Crippen LogP contribution in [0.3, 0.4) is 0 Å². The van der Waals surface area contributed by atoms with Crippen LogP contribution < -0.4 is 0 Å². The largest absolute Gasteiger partial charge is 0.303 e. The molecule has 2 nitrogen and oxygen atoms in total. The molecule has 0 bridgehead atoms. The maximum Gasteiger partial charge on any atom is 0.118 e. The molecule has 1 aromatic heterocycles. The summed E-state index contributed by atoms with van der Waals surface area (Å²) in [6.45, 7) is 0. The van der Waals surface area contributed by atoms with Gasteiger partial charge in [-0.25, -0.2) is 4.98 Å². The van der Waals surface area contributed by atoms with E-state index in [1.807, 2.05) is 30.3 Å². The Morgan fingerprint density at radius 3 is 2.38 bits per heavy atom. The van der Waals surface area contributed by atoms with Crippen molar-refractivity contribution in [3.05, 3.63) is 112 Å². The van der Waals surface area contributed by atoms with Gasteiger partial charge in [0.15, 0.2) is 0 Å². The third-order valence-corrected chi connectivity index (χ3v) is 7.12. The summed E-state index contributed by atoms with van der Waals surface area (Å²) in [6.07, 6.45) is 14.3. The molecule has 1 fully saturated rings. The van der Waals surface area contributed by atoms with Gasteiger partial charge in [-0.2, -0.15) is 0 Å². The summed E-state index contributed by atoms with van der Waals surface area (Å²) in [4.78, 5) is 4.98. The molecule has 5 rings (SSSR count). The van der Waals surface area contributed by atoms with Crippen molar-refractivity contribution in [3.8, 4) is 16.9 Å². The highest BCUT2D eigenvalue weighted by Crippen LogP contribution is 2.31. The van der Waals surface area contributed by atoms with Gasteiger partial charge in [0, 0.05) is 28.9 Å². The molecule has 4 aromatic rings. The number of hydrogen-bond donors (Lipinski definition) is 0. The van der Waals surface area contributed by atoms with Crippen LogP contribution in [0.4, 0.5) is 0 Å². The highest BCUT2D eigenvalue weighted by Gasteiger charge is 2.14. The number of nitrogens with zero attached hydrogens (tertiary/aromatic N) is 2. The Labute approximate surface area is 211 Å². The minimum atomic E-state index is 0.603. The molecular formula is C30H28Cl2N2. The third kappa shape index (κ3) is 5.46. The van der Waals surface area contributed by atoms with E-state index >= 15 is 0 Å². The second-order valence-electron chi connectivity index (χ2n) is 9.05. The first-order valence-corrected chi connectivity index (χ1v) is 12.8. The lowest BCUT2D eigenvalue weighted by Gasteiger charge is -2.17. The van der Waals surface area contributed by atoms with Crippen molar-refractivity contribution >= 4 is 29.3 Å². The van der Waals surface area contributed by atoms with Crippen molar-refractivity contribution in [2.24, 2.45) is 5.92 Å². The Morgan fingerprint density at radius 1 is 0.882 bits per heavy atom. The highest BCUT2D eigenvalue weighted by atomic mass is 35.5. The third-order valence-electron chi connectivity index (χ3n) is 6.57. The zero-order chi connectivity index (χ0) is 23.3. The molecule has 4 heteroatoms. The van der Waals surface area contributed by atoms with E-state index in [0.29, 0.717) is 10.0 Å². The fourth-order valence-electron chi connectivity index (χ4n) is 4.69. The van der Waals surface area contributed by atoms with Crippen LogP contribution >= 0.6 is 23.2 Å². The zero-order valence-corrected chi connectivity index (χ0v) is 20.6. The molecule has 1 aliphatic carbocycles. The van der Waals surface area contributed by atoms with E-state index in [4.69, 9.17) is 28.2 Å². The lowest BCUT2D eigenvalue weighted by Crippen LogP contribution is -2.02. The first-order valence-electron chi connectivity index (χ1n) is 12.0. The van der Waals surface area contributed by atoms with Crippen LogP contribution in [0.1, 0.15) is 49.1 Å². The lowest BCUT2D eigenvalue weighted by atomic mass is 9.89. The monoisotopic (exact) mass is 486 g/mol. The molecule has 0 amide bonds. The van der Waals surface area contributed by atoms with Gasteiger partial charge >= 0.3 is 0 Å². The van der Waals surface area contributed by atoms with E-state index in [2.05, 4.69) is 59.3 Å². The summed E-state index contributed by atoms with van der Waals surface area (Å²) in [5, 5.41) is 1.22. The molecule has 1 heterocycles. The number of para-hydroxylation sites is 1. The first-order chi connectivity index (χ1) is 16.7. The number of imidazole rings is 1. The Balaban J connectivity index is 1.41. The van der Waals surface area contributed by atoms with Crippen molar-refractivity contribution in [2.45, 2.75) is 38.5 Å². The average Bonchev–Trinajstić information content (AvgIpc) is 3.28. The number of allylic oxidation sites excluding steroid dienone is 1. The lowest BCUT2D eigenvalue weighted by molar-refractivity contribution is 0.420. The van der Waals surface area contributed by atoms with Crippen molar-refractivity contribution < 1.29 is 0 Å². The fourth-order valence-corrected chi connectivity index (χ4v) is 5.19. The molecule has 3 aromatic carbocycles. The van der Waals surface area contributed by atoms with Gasteiger partial charge in [-0.15, -0.1) is 0 Å². The predicted molar refractivity (Wildman–Crippen MR) is 144 cm³/mol. The second-order valence-corrected chi connectivity index (χ2v) is 9.89. The van der Waals surface area contributed by atoms with Gasteiger partial charge < -0.3 is 4.57 Å². The Kier molecular flexibility index (Phi) is 7.18. The number of rotatable bonds is 6. The summed E-state index contributed by atoms with van der Waals surface area (Å²) >= 11 is 12.6. The molecule has 0 N–H and O–H groups in total. The molecule has 1 aliphatic rings. The molecule has 0 radical (unpaired) electrons. The standard InChI is InChI=1S/C30H28Cl2N2/c31-25-17-18-27(28(32)20-25)29-21-34(26-9-5-2-6-10-26)30(33-29)19-24-15-13-23(14-16-24)12-11-22-7-3-1-4-8-22/h2,5-6,9-18,20-22H,1,3-4,7-8,19H2. The van der Waals surface area contributed by atoms with Crippen LogP contribution in [0.2, 0.25) is 10.0 Å². The molecule has 0 aliphatic heterocycles. The van der Waals surface area contributed by atoms with E-state index in [9.17, 15) is 0 Å². The SMILES string of the molecule is Clc1ccc(-c2cn(-c3ccccc3)c(Cc3ccc(C=CC4CCCCC4)cc3)n2)c(Cl)c1. The van der Waals surface area contributed by atoms with Crippen molar-refractivity contribution in [2.75, 3.05) is 0 Å². The van der Waals surface area contributed by atoms with Crippen LogP contribution in [0.15, 0.2) is 85.1 Å². The second kappa shape index (κ2) is 10.6. The summed E-state index contributed by atoms with van der Waals surface area (Å²) in [6, 6.07) is 24.7. The molecule has 0 unspecified atom stereocenters. The molecule has 0 spiro atoms. The van der Waals surface area contributed by atoms with Gasteiger partial charge in [0.2, 0.25) is 0 Å². The van der Waals surface area contributed by atoms with Gasteiger partial charge in [-0.05, 0) is 60.2 Å². The van der Waals surface area contributed by atoms with Gasteiger partial charge in [-0.1, -0.05) is 97.1 Å². The molecular weight excluding hydrogens is 459 g/mol. The Hall–Kier alpha value is -2.81. The Morgan fingerprint density at radius 2 is 1.65 bits per heavy atom. The smallest absolute Gasteiger partial charge is 0.118 e. The van der Waals surface area contributed by atoms with Gasteiger partial charge in [0.1, 0.15) is 5.82 Å². The Bertz CT molecular complexity index is 1270. The number of hydrogen-bond acceptors (Lipinski definition) is 1. The van der Waals surface area contributed by atoms with Crippen LogP contribution in [-0.4, -0.2) is 9.55 Å². The summed E-state index contributed by atoms with van der Waals surface area (Å²) in [5.41, 5.74) is 5.28. The van der Waals surface area contributed by atoms with Crippen molar-refractivity contribution in [1.29, 1.82) is 0 Å². The normalized spacial score (nSPS) is 14.6. The molecule has 0 atom stereocenters. The van der Waals surface area contributed by atoms with Crippen LogP contribution in [0.25, 0.3) is 23.0 Å². The van der Waals surface area contributed by atoms with Crippen LogP contribution in [-0.2, 0) is 6.42 Å². The quantitative estimate of drug-likeness (QED) is 0.265. The van der Waals surface area contributed by atoms with E-state index in [1.165, 1.54) is 43.2 Å². The van der Waals surface area contributed by atoms with E-state index in [1.54, 1.807) is 6.07 Å². The maximum absolute atomic E-state index is 6.49. The number of halogens is 2. The van der Waals surface area contributed by atoms with E-state index in [-0.39, 0.29) is 0 Å². The summed E-state index contributed by atoms with van der Waals surface area (Å²) in [5.74, 6) is 1.71. The summed E-state index contributed by atoms with van der Waals surface area (Å²) in [7, 11) is 0. The topological polar surface area (TPSA) is 17.8 Å². The minimum Gasteiger partial charge on any atom is -0.303 e. The molecule has 172 valence electrons. The van der Waals surface area contributed by atoms with Crippen molar-refractivity contribution in [1.82, 2.24) is 9.55 Å². The van der Waals surface area contributed by atoms with E-state index < -0.39 is 0 Å². The van der Waals surface area contributed by atoms with Gasteiger partial charge in [0.25, 0.3) is 0 Å². The molecule has 1 saturated carbocycles. The molecule has 34 heavy (non-hydrogen) atoms. The van der Waals surface area contributed by atoms with Crippen LogP contribution in [0, 0.1) is 5.92 Å². The van der Waals surface area contributed by atoms with Gasteiger partial charge in [-0.3, -0.25) is 0 Å². The van der Waals surface area contributed by atoms with Crippen LogP contribution in [0.5, 0.6) is 0 Å².